The average molecular weight is 518 g/mol. The normalized spacial score (nSPS) is 11.3. The first-order chi connectivity index (χ1) is 18.2. The van der Waals surface area contributed by atoms with Crippen LogP contribution in [-0.2, 0) is 0 Å². The van der Waals surface area contributed by atoms with E-state index in [2.05, 4.69) is 20.1 Å². The van der Waals surface area contributed by atoms with Gasteiger partial charge < -0.3 is 10.1 Å². The van der Waals surface area contributed by atoms with Crippen molar-refractivity contribution in [1.82, 2.24) is 14.8 Å². The minimum atomic E-state index is -4.77. The van der Waals surface area contributed by atoms with Crippen LogP contribution in [0, 0.1) is 5.82 Å². The maximum Gasteiger partial charge on any atom is 0.573 e. The summed E-state index contributed by atoms with van der Waals surface area (Å²) in [6.07, 6.45) is -3.33. The summed E-state index contributed by atoms with van der Waals surface area (Å²) < 4.78 is 56.7. The minimum Gasteiger partial charge on any atom is -0.406 e. The van der Waals surface area contributed by atoms with Crippen LogP contribution in [0.4, 0.5) is 23.2 Å². The molecule has 190 valence electrons. The van der Waals surface area contributed by atoms with Crippen molar-refractivity contribution >= 4 is 11.6 Å². The molecule has 4 aromatic carbocycles. The Bertz CT molecular complexity index is 1570. The smallest absolute Gasteiger partial charge is 0.406 e. The van der Waals surface area contributed by atoms with Gasteiger partial charge in [-0.05, 0) is 72.3 Å². The lowest BCUT2D eigenvalue weighted by Gasteiger charge is -2.09. The van der Waals surface area contributed by atoms with Crippen LogP contribution < -0.4 is 10.1 Å². The lowest BCUT2D eigenvalue weighted by Crippen LogP contribution is -2.17. The zero-order valence-electron chi connectivity index (χ0n) is 19.5. The first-order valence-electron chi connectivity index (χ1n) is 11.3. The van der Waals surface area contributed by atoms with Crippen LogP contribution in [0.25, 0.3) is 28.2 Å². The number of carbonyl (C=O) groups excluding carboxylic acids is 1. The second-order valence-electron chi connectivity index (χ2n) is 8.15. The Hall–Kier alpha value is -4.99. The van der Waals surface area contributed by atoms with Crippen LogP contribution in [0.5, 0.6) is 5.75 Å². The van der Waals surface area contributed by atoms with Gasteiger partial charge in [0.15, 0.2) is 5.82 Å². The van der Waals surface area contributed by atoms with Gasteiger partial charge >= 0.3 is 6.36 Å². The number of benzene rings is 4. The first kappa shape index (κ1) is 24.7. The zero-order chi connectivity index (χ0) is 26.7. The van der Waals surface area contributed by atoms with E-state index in [1.54, 1.807) is 48.5 Å². The van der Waals surface area contributed by atoms with Gasteiger partial charge in [-0.3, -0.25) is 4.79 Å². The van der Waals surface area contributed by atoms with Gasteiger partial charge in [0.1, 0.15) is 17.9 Å². The minimum absolute atomic E-state index is 0.307. The molecule has 0 spiro atoms. The molecule has 1 aromatic heterocycles. The number of hydrogen-bond donors (Lipinski definition) is 1. The molecular weight excluding hydrogens is 500 g/mol. The van der Waals surface area contributed by atoms with Crippen LogP contribution in [-0.4, -0.2) is 27.0 Å². The summed E-state index contributed by atoms with van der Waals surface area (Å²) in [5.41, 5.74) is 2.98. The van der Waals surface area contributed by atoms with Gasteiger partial charge in [-0.25, -0.2) is 14.1 Å². The first-order valence-corrected chi connectivity index (χ1v) is 11.3. The number of halogens is 4. The van der Waals surface area contributed by atoms with Gasteiger partial charge in [-0.15, -0.1) is 18.3 Å². The van der Waals surface area contributed by atoms with Gasteiger partial charge in [-0.1, -0.05) is 30.3 Å². The third kappa shape index (κ3) is 5.70. The number of carbonyl (C=O) groups is 1. The molecule has 0 fully saturated rings. The molecule has 0 aliphatic rings. The van der Waals surface area contributed by atoms with E-state index in [1.165, 1.54) is 53.5 Å². The standard InChI is InChI=1S/C28H18F4N4O2/c29-25-15-8-20(16-24(25)18-4-2-1-3-5-18)27(37)34-21-9-6-19(7-10-21)26-33-17-36(35-26)22-11-13-23(14-12-22)38-28(30,31)32/h1-17H,(H,34,37). The predicted molar refractivity (Wildman–Crippen MR) is 133 cm³/mol. The van der Waals surface area contributed by atoms with Crippen LogP contribution in [0.1, 0.15) is 10.4 Å². The van der Waals surface area contributed by atoms with Crippen LogP contribution in [0.3, 0.4) is 0 Å². The molecule has 1 heterocycles. The largest absolute Gasteiger partial charge is 0.573 e. The number of anilines is 1. The van der Waals surface area contributed by atoms with Gasteiger partial charge in [0.25, 0.3) is 5.91 Å². The predicted octanol–water partition coefficient (Wildman–Crippen LogP) is 6.89. The summed E-state index contributed by atoms with van der Waals surface area (Å²) in [5, 5.41) is 7.15. The Morgan fingerprint density at radius 2 is 1.55 bits per heavy atom. The molecule has 0 unspecified atom stereocenters. The monoisotopic (exact) mass is 518 g/mol. The maximum absolute atomic E-state index is 14.3. The highest BCUT2D eigenvalue weighted by atomic mass is 19.4. The van der Waals surface area contributed by atoms with E-state index in [0.717, 1.165) is 0 Å². The quantitative estimate of drug-likeness (QED) is 0.249. The molecule has 10 heteroatoms. The topological polar surface area (TPSA) is 69.0 Å². The molecule has 0 saturated heterocycles. The summed E-state index contributed by atoms with van der Waals surface area (Å²) in [6, 6.07) is 25.2. The van der Waals surface area contributed by atoms with Crippen molar-refractivity contribution in [2.45, 2.75) is 6.36 Å². The SMILES string of the molecule is O=C(Nc1ccc(-c2ncn(-c3ccc(OC(F)(F)F)cc3)n2)cc1)c1ccc(F)c(-c2ccccc2)c1. The molecule has 6 nitrogen and oxygen atoms in total. The fourth-order valence-corrected chi connectivity index (χ4v) is 3.73. The van der Waals surface area contributed by atoms with E-state index in [4.69, 9.17) is 0 Å². The van der Waals surface area contributed by atoms with Crippen molar-refractivity contribution < 1.29 is 27.1 Å². The molecule has 0 bridgehead atoms. The number of ether oxygens (including phenoxy) is 1. The molecule has 0 saturated carbocycles. The number of nitrogens with one attached hydrogen (secondary N) is 1. The lowest BCUT2D eigenvalue weighted by molar-refractivity contribution is -0.274. The Labute approximate surface area is 214 Å². The highest BCUT2D eigenvalue weighted by Crippen LogP contribution is 2.26. The molecule has 1 N–H and O–H groups in total. The number of amides is 1. The third-order valence-corrected chi connectivity index (χ3v) is 5.54. The van der Waals surface area contributed by atoms with Crippen LogP contribution in [0.15, 0.2) is 103 Å². The highest BCUT2D eigenvalue weighted by molar-refractivity contribution is 6.05. The second kappa shape index (κ2) is 10.2. The molecular formula is C28H18F4N4O2. The molecule has 0 aliphatic carbocycles. The molecule has 0 aliphatic heterocycles. The third-order valence-electron chi connectivity index (χ3n) is 5.54. The summed E-state index contributed by atoms with van der Waals surface area (Å²) in [7, 11) is 0. The fraction of sp³-hybridized carbons (Fsp3) is 0.0357. The molecule has 38 heavy (non-hydrogen) atoms. The van der Waals surface area contributed by atoms with E-state index in [1.807, 2.05) is 6.07 Å². The van der Waals surface area contributed by atoms with Crippen LogP contribution >= 0.6 is 0 Å². The van der Waals surface area contributed by atoms with Gasteiger partial charge in [-0.2, -0.15) is 0 Å². The molecule has 5 aromatic rings. The van der Waals surface area contributed by atoms with Gasteiger partial charge in [0, 0.05) is 22.4 Å². The Balaban J connectivity index is 1.27. The van der Waals surface area contributed by atoms with E-state index >= 15 is 0 Å². The lowest BCUT2D eigenvalue weighted by atomic mass is 10.0. The van der Waals surface area contributed by atoms with Crippen molar-refractivity contribution in [3.8, 4) is 34.0 Å². The van der Waals surface area contributed by atoms with Gasteiger partial charge in [0.2, 0.25) is 0 Å². The molecule has 0 radical (unpaired) electrons. The second-order valence-corrected chi connectivity index (χ2v) is 8.15. The van der Waals surface area contributed by atoms with Crippen LogP contribution in [0.2, 0.25) is 0 Å². The van der Waals surface area contributed by atoms with E-state index in [0.29, 0.717) is 39.5 Å². The molecule has 1 amide bonds. The number of alkyl halides is 3. The van der Waals surface area contributed by atoms with Crippen molar-refractivity contribution in [3.63, 3.8) is 0 Å². The summed E-state index contributed by atoms with van der Waals surface area (Å²) in [5.74, 6) is -0.773. The molecule has 0 atom stereocenters. The van der Waals surface area contributed by atoms with Crippen molar-refractivity contribution in [1.29, 1.82) is 0 Å². The summed E-state index contributed by atoms with van der Waals surface area (Å²) in [6.45, 7) is 0. The number of aromatic nitrogens is 3. The summed E-state index contributed by atoms with van der Waals surface area (Å²) in [4.78, 5) is 17.0. The van der Waals surface area contributed by atoms with E-state index < -0.39 is 18.1 Å². The van der Waals surface area contributed by atoms with Crippen molar-refractivity contribution in [3.05, 3.63) is 115 Å². The Kier molecular flexibility index (Phi) is 6.61. The Morgan fingerprint density at radius 3 is 2.24 bits per heavy atom. The van der Waals surface area contributed by atoms with E-state index in [9.17, 15) is 22.4 Å². The number of hydrogen-bond acceptors (Lipinski definition) is 4. The van der Waals surface area contributed by atoms with Crippen molar-refractivity contribution in [2.24, 2.45) is 0 Å². The zero-order valence-corrected chi connectivity index (χ0v) is 19.5. The van der Waals surface area contributed by atoms with E-state index in [-0.39, 0.29) is 5.75 Å². The molecule has 5 rings (SSSR count). The van der Waals surface area contributed by atoms with Gasteiger partial charge in [0.05, 0.1) is 5.69 Å². The number of nitrogens with zero attached hydrogens (tertiary/aromatic N) is 3. The summed E-state index contributed by atoms with van der Waals surface area (Å²) >= 11 is 0. The Morgan fingerprint density at radius 1 is 0.842 bits per heavy atom. The van der Waals surface area contributed by atoms with Crippen molar-refractivity contribution in [2.75, 3.05) is 5.32 Å². The maximum atomic E-state index is 14.3. The average Bonchev–Trinajstić information content (AvgIpc) is 3.40. The number of rotatable bonds is 6. The fourth-order valence-electron chi connectivity index (χ4n) is 3.73. The highest BCUT2D eigenvalue weighted by Gasteiger charge is 2.31.